The van der Waals surface area contributed by atoms with Gasteiger partial charge in [0.1, 0.15) is 12.4 Å². The molecular formula is C16H20N2O. The summed E-state index contributed by atoms with van der Waals surface area (Å²) in [5.41, 5.74) is 3.67. The summed E-state index contributed by atoms with van der Waals surface area (Å²) in [6.45, 7) is 7.71. The highest BCUT2D eigenvalue weighted by Crippen LogP contribution is 2.24. The van der Waals surface area contributed by atoms with E-state index >= 15 is 0 Å². The van der Waals surface area contributed by atoms with Gasteiger partial charge in [-0.1, -0.05) is 23.8 Å². The van der Waals surface area contributed by atoms with Crippen LogP contribution in [-0.4, -0.2) is 16.2 Å². The molecule has 3 nitrogen and oxygen atoms in total. The van der Waals surface area contributed by atoms with Gasteiger partial charge in [0, 0.05) is 18.9 Å². The van der Waals surface area contributed by atoms with Crippen molar-refractivity contribution >= 4 is 0 Å². The number of nitrogens with zero attached hydrogens (tertiary/aromatic N) is 2. The van der Waals surface area contributed by atoms with Gasteiger partial charge in [-0.25, -0.2) is 4.98 Å². The van der Waals surface area contributed by atoms with Gasteiger partial charge in [-0.15, -0.1) is 0 Å². The second kappa shape index (κ2) is 6.23. The van der Waals surface area contributed by atoms with Crippen LogP contribution in [0.1, 0.15) is 16.7 Å². The zero-order chi connectivity index (χ0) is 13.7. The topological polar surface area (TPSA) is 27.1 Å². The maximum Gasteiger partial charge on any atom is 0.125 e. The number of aromatic nitrogens is 2. The molecule has 3 heteroatoms. The fourth-order valence-electron chi connectivity index (χ4n) is 2.18. The van der Waals surface area contributed by atoms with E-state index in [0.717, 1.165) is 12.3 Å². The summed E-state index contributed by atoms with van der Waals surface area (Å²) in [6, 6.07) is 4.30. The van der Waals surface area contributed by atoms with E-state index in [0.29, 0.717) is 6.61 Å². The van der Waals surface area contributed by atoms with Crippen molar-refractivity contribution in [2.75, 3.05) is 6.61 Å². The van der Waals surface area contributed by atoms with Gasteiger partial charge in [0.15, 0.2) is 0 Å². The molecule has 19 heavy (non-hydrogen) atoms. The number of aryl methyl sites for hydroxylation is 3. The van der Waals surface area contributed by atoms with Crippen molar-refractivity contribution in [3.05, 3.63) is 59.7 Å². The highest BCUT2D eigenvalue weighted by molar-refractivity contribution is 5.43. The Kier molecular flexibility index (Phi) is 4.39. The summed E-state index contributed by atoms with van der Waals surface area (Å²) in [4.78, 5) is 4.00. The van der Waals surface area contributed by atoms with Crippen molar-refractivity contribution in [3.63, 3.8) is 0 Å². The molecule has 0 amide bonds. The fourth-order valence-corrected chi connectivity index (χ4v) is 2.18. The van der Waals surface area contributed by atoms with Crippen molar-refractivity contribution < 1.29 is 4.74 Å². The monoisotopic (exact) mass is 256 g/mol. The van der Waals surface area contributed by atoms with E-state index in [1.54, 1.807) is 12.5 Å². The van der Waals surface area contributed by atoms with E-state index in [2.05, 4.69) is 44.0 Å². The summed E-state index contributed by atoms with van der Waals surface area (Å²) < 4.78 is 7.84. The lowest BCUT2D eigenvalue weighted by atomic mass is 10.1. The van der Waals surface area contributed by atoms with Gasteiger partial charge in [-0.3, -0.25) is 0 Å². The Balaban J connectivity index is 1.87. The molecule has 100 valence electrons. The predicted octanol–water partition coefficient (Wildman–Crippen LogP) is 3.44. The summed E-state index contributed by atoms with van der Waals surface area (Å²) in [5, 5.41) is 0. The summed E-state index contributed by atoms with van der Waals surface area (Å²) >= 11 is 0. The minimum atomic E-state index is 0.597. The highest BCUT2D eigenvalue weighted by atomic mass is 16.5. The molecule has 0 aliphatic heterocycles. The van der Waals surface area contributed by atoms with E-state index < -0.39 is 0 Å². The predicted molar refractivity (Wildman–Crippen MR) is 77.5 cm³/mol. The largest absolute Gasteiger partial charge is 0.489 e. The van der Waals surface area contributed by atoms with Crippen molar-refractivity contribution in [3.8, 4) is 5.75 Å². The van der Waals surface area contributed by atoms with Crippen LogP contribution < -0.4 is 4.74 Å². The molecule has 1 heterocycles. The second-order valence-electron chi connectivity index (χ2n) is 4.77. The molecule has 0 atom stereocenters. The number of allylic oxidation sites excluding steroid dienone is 1. The highest BCUT2D eigenvalue weighted by Gasteiger charge is 2.03. The fraction of sp³-hybridized carbons (Fsp3) is 0.312. The Labute approximate surface area is 114 Å². The van der Waals surface area contributed by atoms with Crippen LogP contribution in [-0.2, 0) is 6.54 Å². The van der Waals surface area contributed by atoms with Crippen LogP contribution in [0.4, 0.5) is 0 Å². The van der Waals surface area contributed by atoms with E-state index in [1.165, 1.54) is 16.7 Å². The van der Waals surface area contributed by atoms with E-state index in [1.807, 2.05) is 16.8 Å². The van der Waals surface area contributed by atoms with Gasteiger partial charge in [0.05, 0.1) is 6.33 Å². The Hall–Kier alpha value is -2.03. The maximum atomic E-state index is 5.83. The molecule has 0 aliphatic rings. The average molecular weight is 256 g/mol. The zero-order valence-electron chi connectivity index (χ0n) is 11.8. The molecule has 1 aromatic carbocycles. The van der Waals surface area contributed by atoms with E-state index in [4.69, 9.17) is 4.74 Å². The van der Waals surface area contributed by atoms with Crippen LogP contribution in [0.25, 0.3) is 0 Å². The standard InChI is InChI=1S/C16H20N2O/c1-13-10-14(2)16(15(3)11-13)19-9-5-4-7-18-8-6-17-12-18/h4-6,8,10-12H,7,9H2,1-3H3/b5-4+. The smallest absolute Gasteiger partial charge is 0.125 e. The number of hydrogen-bond donors (Lipinski definition) is 0. The maximum absolute atomic E-state index is 5.83. The van der Waals surface area contributed by atoms with Crippen LogP contribution in [0.2, 0.25) is 0 Å². The summed E-state index contributed by atoms with van der Waals surface area (Å²) in [6.07, 6.45) is 9.65. The van der Waals surface area contributed by atoms with Gasteiger partial charge in [0.2, 0.25) is 0 Å². The Morgan fingerprint density at radius 1 is 1.16 bits per heavy atom. The quantitative estimate of drug-likeness (QED) is 0.766. The minimum Gasteiger partial charge on any atom is -0.489 e. The Bertz CT molecular complexity index is 533. The first-order valence-corrected chi connectivity index (χ1v) is 6.48. The number of benzene rings is 1. The van der Waals surface area contributed by atoms with Crippen molar-refractivity contribution in [1.82, 2.24) is 9.55 Å². The molecule has 2 rings (SSSR count). The van der Waals surface area contributed by atoms with Crippen LogP contribution in [0.15, 0.2) is 43.0 Å². The van der Waals surface area contributed by atoms with Gasteiger partial charge in [0.25, 0.3) is 0 Å². The van der Waals surface area contributed by atoms with Crippen LogP contribution in [0, 0.1) is 20.8 Å². The van der Waals surface area contributed by atoms with Gasteiger partial charge in [-0.05, 0) is 38.0 Å². The zero-order valence-corrected chi connectivity index (χ0v) is 11.8. The molecule has 0 fully saturated rings. The number of hydrogen-bond acceptors (Lipinski definition) is 2. The van der Waals surface area contributed by atoms with E-state index in [9.17, 15) is 0 Å². The number of ether oxygens (including phenoxy) is 1. The second-order valence-corrected chi connectivity index (χ2v) is 4.77. The first-order chi connectivity index (χ1) is 9.16. The summed E-state index contributed by atoms with van der Waals surface area (Å²) in [7, 11) is 0. The first-order valence-electron chi connectivity index (χ1n) is 6.48. The lowest BCUT2D eigenvalue weighted by molar-refractivity contribution is 0.357. The lowest BCUT2D eigenvalue weighted by Gasteiger charge is -2.11. The third-order valence-corrected chi connectivity index (χ3v) is 2.97. The molecule has 0 bridgehead atoms. The molecule has 0 radical (unpaired) electrons. The lowest BCUT2D eigenvalue weighted by Crippen LogP contribution is -1.99. The molecule has 0 spiro atoms. The average Bonchev–Trinajstić information content (AvgIpc) is 2.84. The van der Waals surface area contributed by atoms with Crippen LogP contribution in [0.3, 0.4) is 0 Å². The molecule has 0 unspecified atom stereocenters. The Morgan fingerprint density at radius 2 is 1.89 bits per heavy atom. The van der Waals surface area contributed by atoms with E-state index in [-0.39, 0.29) is 0 Å². The third-order valence-electron chi connectivity index (χ3n) is 2.97. The number of imidazole rings is 1. The van der Waals surface area contributed by atoms with Crippen LogP contribution >= 0.6 is 0 Å². The third kappa shape index (κ3) is 3.71. The number of rotatable bonds is 5. The molecular weight excluding hydrogens is 236 g/mol. The molecule has 0 aliphatic carbocycles. The SMILES string of the molecule is Cc1cc(C)c(OC/C=C/Cn2ccnc2)c(C)c1. The van der Waals surface area contributed by atoms with Crippen molar-refractivity contribution in [1.29, 1.82) is 0 Å². The summed E-state index contributed by atoms with van der Waals surface area (Å²) in [5.74, 6) is 0.998. The molecule has 0 N–H and O–H groups in total. The molecule has 2 aromatic rings. The molecule has 1 aromatic heterocycles. The Morgan fingerprint density at radius 3 is 2.53 bits per heavy atom. The van der Waals surface area contributed by atoms with Gasteiger partial charge >= 0.3 is 0 Å². The van der Waals surface area contributed by atoms with Gasteiger partial charge < -0.3 is 9.30 Å². The molecule has 0 saturated carbocycles. The van der Waals surface area contributed by atoms with Gasteiger partial charge in [-0.2, -0.15) is 0 Å². The first kappa shape index (κ1) is 13.4. The minimum absolute atomic E-state index is 0.597. The molecule has 0 saturated heterocycles. The van der Waals surface area contributed by atoms with Crippen LogP contribution in [0.5, 0.6) is 5.75 Å². The van der Waals surface area contributed by atoms with Crippen molar-refractivity contribution in [2.45, 2.75) is 27.3 Å². The normalized spacial score (nSPS) is 11.1. The van der Waals surface area contributed by atoms with Crippen molar-refractivity contribution in [2.24, 2.45) is 0 Å².